The molecule has 3 heteroatoms. The van der Waals surface area contributed by atoms with Gasteiger partial charge in [-0.2, -0.15) is 0 Å². The average Bonchev–Trinajstić information content (AvgIpc) is 1.81. The maximum absolute atomic E-state index is 9.92. The van der Waals surface area contributed by atoms with Crippen LogP contribution in [0.15, 0.2) is 0 Å². The van der Waals surface area contributed by atoms with E-state index in [1.807, 2.05) is 13.1 Å². The summed E-state index contributed by atoms with van der Waals surface area (Å²) in [5.74, 6) is 0. The zero-order chi connectivity index (χ0) is 9.99. The van der Waals surface area contributed by atoms with Crippen molar-refractivity contribution in [1.29, 1.82) is 0 Å². The number of aliphatic hydroxyl groups is 1. The van der Waals surface area contributed by atoms with Gasteiger partial charge in [0.05, 0.1) is 6.10 Å². The van der Waals surface area contributed by atoms with Crippen LogP contribution in [0, 0.1) is 0 Å². The largest absolute Gasteiger partial charge is 0.432 e. The van der Waals surface area contributed by atoms with Gasteiger partial charge in [0.25, 0.3) is 0 Å². The molecule has 0 bridgehead atoms. The standard InChI is InChI=1S/C9H22O2Si/c1-8(10)6-7-9(2,3)12(4,5)11/h8,10-11H,6-7H2,1-5H3/t8-/m1/s1. The zero-order valence-electron chi connectivity index (χ0n) is 8.89. The minimum absolute atomic E-state index is 0.00396. The Hall–Kier alpha value is 0.137. The van der Waals surface area contributed by atoms with Crippen LogP contribution >= 0.6 is 0 Å². The van der Waals surface area contributed by atoms with Gasteiger partial charge < -0.3 is 9.90 Å². The Balaban J connectivity index is 4.05. The Morgan fingerprint density at radius 2 is 1.75 bits per heavy atom. The van der Waals surface area contributed by atoms with E-state index in [1.165, 1.54) is 0 Å². The molecule has 0 saturated carbocycles. The molecule has 0 fully saturated rings. The number of hydrogen-bond donors (Lipinski definition) is 2. The third-order valence-corrected chi connectivity index (χ3v) is 6.41. The second-order valence-corrected chi connectivity index (χ2v) is 9.30. The van der Waals surface area contributed by atoms with Crippen LogP contribution in [0.25, 0.3) is 0 Å². The van der Waals surface area contributed by atoms with E-state index in [9.17, 15) is 4.80 Å². The SMILES string of the molecule is C[C@@H](O)CCC(C)(C)[Si](C)(C)O. The Morgan fingerprint density at radius 3 is 2.00 bits per heavy atom. The normalized spacial score (nSPS) is 16.2. The summed E-state index contributed by atoms with van der Waals surface area (Å²) in [6.45, 7) is 9.87. The molecule has 1 atom stereocenters. The first-order chi connectivity index (χ1) is 5.17. The third kappa shape index (κ3) is 3.69. The summed E-state index contributed by atoms with van der Waals surface area (Å²) in [6.07, 6.45) is 1.44. The number of aliphatic hydroxyl groups excluding tert-OH is 1. The van der Waals surface area contributed by atoms with Gasteiger partial charge in [0, 0.05) is 0 Å². The molecule has 74 valence electrons. The van der Waals surface area contributed by atoms with Gasteiger partial charge >= 0.3 is 0 Å². The molecule has 2 nitrogen and oxygen atoms in total. The zero-order valence-corrected chi connectivity index (χ0v) is 9.89. The Labute approximate surface area is 76.8 Å². The maximum atomic E-state index is 9.92. The predicted molar refractivity (Wildman–Crippen MR) is 54.7 cm³/mol. The highest BCUT2D eigenvalue weighted by Gasteiger charge is 2.37. The Morgan fingerprint density at radius 1 is 1.33 bits per heavy atom. The average molecular weight is 190 g/mol. The predicted octanol–water partition coefficient (Wildman–Crippen LogP) is 2.13. The second-order valence-electron chi connectivity index (χ2n) is 4.83. The van der Waals surface area contributed by atoms with Gasteiger partial charge in [-0.1, -0.05) is 13.8 Å². The fourth-order valence-corrected chi connectivity index (χ4v) is 1.63. The molecule has 0 aliphatic rings. The fourth-order valence-electron chi connectivity index (χ4n) is 0.876. The van der Waals surface area contributed by atoms with Crippen molar-refractivity contribution in [2.24, 2.45) is 0 Å². The molecule has 0 aromatic carbocycles. The van der Waals surface area contributed by atoms with Gasteiger partial charge in [-0.25, -0.2) is 0 Å². The summed E-state index contributed by atoms with van der Waals surface area (Å²) in [5.41, 5.74) is 0. The van der Waals surface area contributed by atoms with E-state index in [0.29, 0.717) is 0 Å². The van der Waals surface area contributed by atoms with E-state index in [2.05, 4.69) is 13.8 Å². The number of rotatable bonds is 4. The van der Waals surface area contributed by atoms with Gasteiger partial charge in [-0.05, 0) is 37.9 Å². The van der Waals surface area contributed by atoms with Gasteiger partial charge in [-0.15, -0.1) is 0 Å². The van der Waals surface area contributed by atoms with Crippen LogP contribution in [-0.4, -0.2) is 24.3 Å². The lowest BCUT2D eigenvalue weighted by molar-refractivity contribution is 0.175. The summed E-state index contributed by atoms with van der Waals surface area (Å²) < 4.78 is 0. The highest BCUT2D eigenvalue weighted by atomic mass is 28.4. The van der Waals surface area contributed by atoms with E-state index in [-0.39, 0.29) is 11.1 Å². The Bertz CT molecular complexity index is 136. The van der Waals surface area contributed by atoms with Gasteiger partial charge in [0.2, 0.25) is 0 Å². The first-order valence-corrected chi connectivity index (χ1v) is 7.52. The van der Waals surface area contributed by atoms with Crippen LogP contribution < -0.4 is 0 Å². The molecule has 2 N–H and O–H groups in total. The summed E-state index contributed by atoms with van der Waals surface area (Å²) in [7, 11) is -2.06. The molecular weight excluding hydrogens is 168 g/mol. The summed E-state index contributed by atoms with van der Waals surface area (Å²) in [6, 6.07) is 0. The maximum Gasteiger partial charge on any atom is 0.188 e. The Kier molecular flexibility index (Phi) is 3.94. The lowest BCUT2D eigenvalue weighted by Crippen LogP contribution is -2.39. The van der Waals surface area contributed by atoms with Crippen LogP contribution in [0.3, 0.4) is 0 Å². The van der Waals surface area contributed by atoms with Gasteiger partial charge in [0.1, 0.15) is 0 Å². The molecule has 0 heterocycles. The molecule has 0 saturated heterocycles. The lowest BCUT2D eigenvalue weighted by atomic mass is 10.0. The second kappa shape index (κ2) is 3.90. The van der Waals surface area contributed by atoms with Crippen molar-refractivity contribution in [3.05, 3.63) is 0 Å². The topological polar surface area (TPSA) is 40.5 Å². The van der Waals surface area contributed by atoms with Crippen molar-refractivity contribution >= 4 is 8.32 Å². The monoisotopic (exact) mass is 190 g/mol. The molecule has 12 heavy (non-hydrogen) atoms. The van der Waals surface area contributed by atoms with Crippen LogP contribution in [0.5, 0.6) is 0 Å². The minimum atomic E-state index is -2.06. The van der Waals surface area contributed by atoms with Crippen molar-refractivity contribution in [1.82, 2.24) is 0 Å². The van der Waals surface area contributed by atoms with E-state index in [1.54, 1.807) is 6.92 Å². The molecular formula is C9H22O2Si. The fraction of sp³-hybridized carbons (Fsp3) is 1.00. The molecule has 0 rings (SSSR count). The van der Waals surface area contributed by atoms with Crippen LogP contribution in [0.1, 0.15) is 33.6 Å². The molecule has 0 unspecified atom stereocenters. The van der Waals surface area contributed by atoms with Crippen molar-refractivity contribution in [3.63, 3.8) is 0 Å². The molecule has 0 radical (unpaired) electrons. The third-order valence-electron chi connectivity index (χ3n) is 2.84. The van der Waals surface area contributed by atoms with E-state index >= 15 is 0 Å². The highest BCUT2D eigenvalue weighted by Crippen LogP contribution is 2.39. The molecule has 0 amide bonds. The smallest absolute Gasteiger partial charge is 0.188 e. The van der Waals surface area contributed by atoms with Crippen molar-refractivity contribution < 1.29 is 9.90 Å². The van der Waals surface area contributed by atoms with Gasteiger partial charge in [0.15, 0.2) is 8.32 Å². The highest BCUT2D eigenvalue weighted by molar-refractivity contribution is 6.72. The van der Waals surface area contributed by atoms with Crippen LogP contribution in [0.4, 0.5) is 0 Å². The van der Waals surface area contributed by atoms with E-state index < -0.39 is 8.32 Å². The molecule has 0 aromatic heterocycles. The minimum Gasteiger partial charge on any atom is -0.432 e. The summed E-state index contributed by atoms with van der Waals surface area (Å²) in [5, 5.41) is 9.12. The summed E-state index contributed by atoms with van der Waals surface area (Å²) >= 11 is 0. The first-order valence-electron chi connectivity index (χ1n) is 4.57. The van der Waals surface area contributed by atoms with Crippen molar-refractivity contribution in [3.8, 4) is 0 Å². The molecule has 0 aromatic rings. The van der Waals surface area contributed by atoms with Crippen LogP contribution in [0.2, 0.25) is 18.1 Å². The quantitative estimate of drug-likeness (QED) is 0.667. The molecule has 0 aliphatic carbocycles. The molecule has 0 spiro atoms. The first kappa shape index (κ1) is 12.1. The lowest BCUT2D eigenvalue weighted by Gasteiger charge is -2.35. The number of hydrogen-bond acceptors (Lipinski definition) is 2. The van der Waals surface area contributed by atoms with E-state index in [4.69, 9.17) is 5.11 Å². The van der Waals surface area contributed by atoms with Gasteiger partial charge in [-0.3, -0.25) is 0 Å². The summed E-state index contributed by atoms with van der Waals surface area (Å²) in [4.78, 5) is 9.92. The molecule has 0 aliphatic heterocycles. The van der Waals surface area contributed by atoms with Crippen molar-refractivity contribution in [2.45, 2.75) is 57.8 Å². The van der Waals surface area contributed by atoms with Crippen LogP contribution in [-0.2, 0) is 0 Å². The van der Waals surface area contributed by atoms with E-state index in [0.717, 1.165) is 12.8 Å². The van der Waals surface area contributed by atoms with Crippen molar-refractivity contribution in [2.75, 3.05) is 0 Å².